The number of hydrogen-bond donors (Lipinski definition) is 3. The molecule has 29 heavy (non-hydrogen) atoms. The lowest BCUT2D eigenvalue weighted by Crippen LogP contribution is -2.42. The first kappa shape index (κ1) is 22.4. The van der Waals surface area contributed by atoms with Gasteiger partial charge in [0.05, 0.1) is 33.4 Å². The summed E-state index contributed by atoms with van der Waals surface area (Å²) >= 11 is 0. The van der Waals surface area contributed by atoms with Gasteiger partial charge in [0.15, 0.2) is 5.96 Å². The van der Waals surface area contributed by atoms with E-state index >= 15 is 0 Å². The fourth-order valence-corrected chi connectivity index (χ4v) is 2.66. The standard InChI is InChI=1S/C22H31N3O4/c1-5-23-22(25-15-21(26)17-8-6-9-18(12-17)27-3)24-14-16(2)29-20-11-7-10-19(13-20)28-4/h6-13,16,21,26H,5,14-15H2,1-4H3,(H2,23,24,25). The largest absolute Gasteiger partial charge is 0.497 e. The van der Waals surface area contributed by atoms with E-state index in [1.165, 1.54) is 0 Å². The molecule has 0 heterocycles. The summed E-state index contributed by atoms with van der Waals surface area (Å²) in [6.45, 7) is 5.46. The minimum atomic E-state index is -0.717. The number of guanidine groups is 1. The van der Waals surface area contributed by atoms with Gasteiger partial charge in [-0.1, -0.05) is 18.2 Å². The Labute approximate surface area is 172 Å². The number of aliphatic imine (C=N–C) groups is 1. The summed E-state index contributed by atoms with van der Waals surface area (Å²) < 4.78 is 16.3. The number of nitrogens with zero attached hydrogens (tertiary/aromatic N) is 1. The van der Waals surface area contributed by atoms with Crippen molar-refractivity contribution >= 4 is 5.96 Å². The number of hydrogen-bond acceptors (Lipinski definition) is 5. The van der Waals surface area contributed by atoms with Crippen LogP contribution in [0.25, 0.3) is 0 Å². The van der Waals surface area contributed by atoms with Crippen LogP contribution in [0.4, 0.5) is 0 Å². The molecule has 0 aliphatic rings. The molecule has 0 saturated carbocycles. The van der Waals surface area contributed by atoms with Gasteiger partial charge in [0.2, 0.25) is 0 Å². The van der Waals surface area contributed by atoms with E-state index in [4.69, 9.17) is 14.2 Å². The van der Waals surface area contributed by atoms with Crippen molar-refractivity contribution in [3.8, 4) is 17.2 Å². The number of ether oxygens (including phenoxy) is 3. The van der Waals surface area contributed by atoms with Crippen LogP contribution >= 0.6 is 0 Å². The Morgan fingerprint density at radius 3 is 2.34 bits per heavy atom. The third-order valence-corrected chi connectivity index (χ3v) is 4.18. The minimum absolute atomic E-state index is 0.0886. The van der Waals surface area contributed by atoms with Gasteiger partial charge in [-0.25, -0.2) is 0 Å². The summed E-state index contributed by atoms with van der Waals surface area (Å²) in [6, 6.07) is 14.9. The number of nitrogens with one attached hydrogen (secondary N) is 2. The van der Waals surface area contributed by atoms with E-state index in [2.05, 4.69) is 15.6 Å². The minimum Gasteiger partial charge on any atom is -0.497 e. The maximum atomic E-state index is 10.4. The lowest BCUT2D eigenvalue weighted by molar-refractivity contribution is 0.186. The van der Waals surface area contributed by atoms with Gasteiger partial charge in [-0.05, 0) is 43.7 Å². The first-order chi connectivity index (χ1) is 14.0. The average molecular weight is 402 g/mol. The van der Waals surface area contributed by atoms with E-state index in [1.807, 2.05) is 62.4 Å². The summed E-state index contributed by atoms with van der Waals surface area (Å²) in [5.74, 6) is 2.83. The van der Waals surface area contributed by atoms with Crippen molar-refractivity contribution in [2.24, 2.45) is 4.99 Å². The van der Waals surface area contributed by atoms with Crippen molar-refractivity contribution in [1.29, 1.82) is 0 Å². The maximum Gasteiger partial charge on any atom is 0.191 e. The summed E-state index contributed by atoms with van der Waals surface area (Å²) in [6.07, 6.45) is -0.805. The van der Waals surface area contributed by atoms with Crippen molar-refractivity contribution in [1.82, 2.24) is 10.6 Å². The quantitative estimate of drug-likeness (QED) is 0.419. The van der Waals surface area contributed by atoms with E-state index < -0.39 is 6.10 Å². The Kier molecular flexibility index (Phi) is 9.11. The van der Waals surface area contributed by atoms with Crippen molar-refractivity contribution < 1.29 is 19.3 Å². The zero-order chi connectivity index (χ0) is 21.1. The Morgan fingerprint density at radius 1 is 1.00 bits per heavy atom. The normalized spacial score (nSPS) is 13.3. The van der Waals surface area contributed by atoms with E-state index in [1.54, 1.807) is 14.2 Å². The van der Waals surface area contributed by atoms with Crippen molar-refractivity contribution in [2.45, 2.75) is 26.1 Å². The molecule has 0 fully saturated rings. The average Bonchev–Trinajstić information content (AvgIpc) is 2.75. The smallest absolute Gasteiger partial charge is 0.191 e. The second-order valence-electron chi connectivity index (χ2n) is 6.50. The molecule has 0 amide bonds. The Bertz CT molecular complexity index is 782. The fraction of sp³-hybridized carbons (Fsp3) is 0.409. The van der Waals surface area contributed by atoms with Crippen LogP contribution in [0.2, 0.25) is 0 Å². The highest BCUT2D eigenvalue weighted by Gasteiger charge is 2.10. The van der Waals surface area contributed by atoms with Crippen LogP contribution in [0.3, 0.4) is 0 Å². The van der Waals surface area contributed by atoms with E-state index in [9.17, 15) is 5.11 Å². The van der Waals surface area contributed by atoms with E-state index in [0.29, 0.717) is 24.8 Å². The lowest BCUT2D eigenvalue weighted by atomic mass is 10.1. The number of benzene rings is 2. The zero-order valence-electron chi connectivity index (χ0n) is 17.5. The molecule has 2 aromatic rings. The summed E-state index contributed by atoms with van der Waals surface area (Å²) in [7, 11) is 3.23. The molecule has 0 aliphatic heterocycles. The molecular weight excluding hydrogens is 370 g/mol. The maximum absolute atomic E-state index is 10.4. The van der Waals surface area contributed by atoms with Gasteiger partial charge in [0, 0.05) is 12.6 Å². The predicted octanol–water partition coefficient (Wildman–Crippen LogP) is 2.76. The Morgan fingerprint density at radius 2 is 1.66 bits per heavy atom. The zero-order valence-corrected chi connectivity index (χ0v) is 17.5. The molecule has 7 heteroatoms. The lowest BCUT2D eigenvalue weighted by Gasteiger charge is -2.18. The van der Waals surface area contributed by atoms with Crippen LogP contribution in [0, 0.1) is 0 Å². The molecule has 0 saturated heterocycles. The SMILES string of the molecule is CCNC(=NCC(O)c1cccc(OC)c1)NCC(C)Oc1cccc(OC)c1. The first-order valence-corrected chi connectivity index (χ1v) is 9.70. The van der Waals surface area contributed by atoms with E-state index in [0.717, 1.165) is 17.1 Å². The number of aliphatic hydroxyl groups excluding tert-OH is 1. The second kappa shape index (κ2) is 11.8. The molecule has 3 N–H and O–H groups in total. The van der Waals surface area contributed by atoms with Gasteiger partial charge in [0.1, 0.15) is 23.4 Å². The molecule has 0 bridgehead atoms. The van der Waals surface area contributed by atoms with Gasteiger partial charge in [0.25, 0.3) is 0 Å². The Balaban J connectivity index is 1.90. The van der Waals surface area contributed by atoms with Gasteiger partial charge in [-0.15, -0.1) is 0 Å². The topological polar surface area (TPSA) is 84.3 Å². The number of rotatable bonds is 10. The molecule has 0 aromatic heterocycles. The third kappa shape index (κ3) is 7.54. The predicted molar refractivity (Wildman–Crippen MR) is 115 cm³/mol. The van der Waals surface area contributed by atoms with Crippen molar-refractivity contribution in [3.63, 3.8) is 0 Å². The van der Waals surface area contributed by atoms with Crippen molar-refractivity contribution in [2.75, 3.05) is 33.9 Å². The molecular formula is C22H31N3O4. The summed E-state index contributed by atoms with van der Waals surface area (Å²) in [5.41, 5.74) is 0.763. The highest BCUT2D eigenvalue weighted by Crippen LogP contribution is 2.20. The molecule has 0 aliphatic carbocycles. The van der Waals surface area contributed by atoms with Crippen LogP contribution in [0.5, 0.6) is 17.2 Å². The fourth-order valence-electron chi connectivity index (χ4n) is 2.66. The highest BCUT2D eigenvalue weighted by molar-refractivity contribution is 5.79. The molecule has 2 unspecified atom stereocenters. The molecule has 0 radical (unpaired) electrons. The number of methoxy groups -OCH3 is 2. The summed E-state index contributed by atoms with van der Waals surface area (Å²) in [5, 5.41) is 16.8. The van der Waals surface area contributed by atoms with Crippen LogP contribution in [0.15, 0.2) is 53.5 Å². The first-order valence-electron chi connectivity index (χ1n) is 9.70. The van der Waals surface area contributed by atoms with Gasteiger partial charge >= 0.3 is 0 Å². The molecule has 158 valence electrons. The molecule has 0 spiro atoms. The molecule has 2 aromatic carbocycles. The molecule has 7 nitrogen and oxygen atoms in total. The molecule has 2 rings (SSSR count). The van der Waals surface area contributed by atoms with E-state index in [-0.39, 0.29) is 12.6 Å². The summed E-state index contributed by atoms with van der Waals surface area (Å²) in [4.78, 5) is 4.48. The highest BCUT2D eigenvalue weighted by atomic mass is 16.5. The third-order valence-electron chi connectivity index (χ3n) is 4.18. The Hall–Kier alpha value is -2.93. The monoisotopic (exact) mass is 401 g/mol. The van der Waals surface area contributed by atoms with Gasteiger partial charge in [-0.3, -0.25) is 4.99 Å². The van der Waals surface area contributed by atoms with Gasteiger partial charge in [-0.2, -0.15) is 0 Å². The van der Waals surface area contributed by atoms with Crippen LogP contribution in [-0.4, -0.2) is 51.0 Å². The van der Waals surface area contributed by atoms with Crippen LogP contribution in [0.1, 0.15) is 25.5 Å². The van der Waals surface area contributed by atoms with Crippen LogP contribution in [-0.2, 0) is 0 Å². The second-order valence-corrected chi connectivity index (χ2v) is 6.50. The molecule has 2 atom stereocenters. The number of aliphatic hydroxyl groups is 1. The van der Waals surface area contributed by atoms with Gasteiger partial charge < -0.3 is 30.0 Å². The van der Waals surface area contributed by atoms with Crippen LogP contribution < -0.4 is 24.8 Å². The van der Waals surface area contributed by atoms with Crippen molar-refractivity contribution in [3.05, 3.63) is 54.1 Å².